The van der Waals surface area contributed by atoms with Crippen LogP contribution in [-0.2, 0) is 16.0 Å². The highest BCUT2D eigenvalue weighted by Crippen LogP contribution is 2.38. The Balaban J connectivity index is 1.61. The summed E-state index contributed by atoms with van der Waals surface area (Å²) in [4.78, 5) is 32.4. The van der Waals surface area contributed by atoms with Crippen LogP contribution < -0.4 is 5.32 Å². The monoisotopic (exact) mass is 437 g/mol. The van der Waals surface area contributed by atoms with E-state index in [9.17, 15) is 9.59 Å². The third-order valence-corrected chi connectivity index (χ3v) is 5.25. The first-order valence-corrected chi connectivity index (χ1v) is 11.1. The zero-order valence-electron chi connectivity index (χ0n) is 19.4. The van der Waals surface area contributed by atoms with Crippen molar-refractivity contribution < 1.29 is 23.6 Å². The van der Waals surface area contributed by atoms with E-state index >= 15 is 0 Å². The van der Waals surface area contributed by atoms with Crippen molar-refractivity contribution in [1.82, 2.24) is 25.5 Å². The van der Waals surface area contributed by atoms with E-state index < -0.39 is 17.2 Å². The molecular formula is C21H35N5O5. The Morgan fingerprint density at radius 1 is 1.23 bits per heavy atom. The second kappa shape index (κ2) is 9.02. The van der Waals surface area contributed by atoms with E-state index in [1.54, 1.807) is 4.90 Å². The van der Waals surface area contributed by atoms with Gasteiger partial charge in [-0.25, -0.2) is 9.59 Å². The molecule has 2 fully saturated rings. The molecule has 31 heavy (non-hydrogen) atoms. The van der Waals surface area contributed by atoms with Crippen LogP contribution in [0.4, 0.5) is 9.59 Å². The first-order valence-electron chi connectivity index (χ1n) is 11.1. The van der Waals surface area contributed by atoms with Gasteiger partial charge in [0.15, 0.2) is 0 Å². The van der Waals surface area contributed by atoms with Gasteiger partial charge in [-0.05, 0) is 53.9 Å². The number of hydrogen-bond donors (Lipinski definition) is 1. The number of nitrogens with zero attached hydrogens (tertiary/aromatic N) is 4. The van der Waals surface area contributed by atoms with Crippen LogP contribution in [0.3, 0.4) is 0 Å². The number of alkyl carbamates (subject to hydrolysis) is 1. The second-order valence-corrected chi connectivity index (χ2v) is 9.92. The molecular weight excluding hydrogens is 402 g/mol. The number of carbonyl (C=O) groups is 2. The summed E-state index contributed by atoms with van der Waals surface area (Å²) in [6.07, 6.45) is 3.34. The zero-order valence-corrected chi connectivity index (χ0v) is 19.4. The molecule has 1 aromatic rings. The van der Waals surface area contributed by atoms with Crippen LogP contribution in [0.25, 0.3) is 0 Å². The number of nitrogens with one attached hydrogen (secondary N) is 1. The molecule has 0 unspecified atom stereocenters. The first kappa shape index (κ1) is 23.3. The lowest BCUT2D eigenvalue weighted by molar-refractivity contribution is -0.130. The molecule has 10 nitrogen and oxygen atoms in total. The number of carbonyl (C=O) groups excluding carboxylic acids is 2. The van der Waals surface area contributed by atoms with Crippen molar-refractivity contribution >= 4 is 12.1 Å². The van der Waals surface area contributed by atoms with E-state index in [0.29, 0.717) is 31.4 Å². The predicted octanol–water partition coefficient (Wildman–Crippen LogP) is 3.59. The van der Waals surface area contributed by atoms with Crippen LogP contribution in [0.5, 0.6) is 0 Å². The van der Waals surface area contributed by atoms with Gasteiger partial charge in [-0.3, -0.25) is 4.84 Å². The average Bonchev–Trinajstić information content (AvgIpc) is 3.18. The van der Waals surface area contributed by atoms with Gasteiger partial charge in [-0.2, -0.15) is 5.06 Å². The molecule has 0 aromatic carbocycles. The number of piperidine rings is 1. The number of urea groups is 1. The van der Waals surface area contributed by atoms with E-state index in [1.165, 1.54) is 5.06 Å². The van der Waals surface area contributed by atoms with Gasteiger partial charge in [0.1, 0.15) is 11.6 Å². The van der Waals surface area contributed by atoms with Gasteiger partial charge in [0.25, 0.3) is 0 Å². The Bertz CT molecular complexity index is 787. The minimum absolute atomic E-state index is 0.0694. The highest BCUT2D eigenvalue weighted by atomic mass is 16.7. The van der Waals surface area contributed by atoms with Crippen molar-refractivity contribution in [3.8, 4) is 0 Å². The SMILES string of the molecule is CCCCON1C(=O)N2C[C@@H]1CC[C@H]2c1nnc(CC(C)(C)NC(=O)OC(C)(C)C)o1. The fourth-order valence-electron chi connectivity index (χ4n) is 3.84. The second-order valence-electron chi connectivity index (χ2n) is 9.92. The zero-order chi connectivity index (χ0) is 22.8. The molecule has 2 bridgehead atoms. The van der Waals surface area contributed by atoms with E-state index in [2.05, 4.69) is 22.4 Å². The number of ether oxygens (including phenoxy) is 1. The van der Waals surface area contributed by atoms with Crippen LogP contribution in [-0.4, -0.2) is 62.6 Å². The summed E-state index contributed by atoms with van der Waals surface area (Å²) in [7, 11) is 0. The smallest absolute Gasteiger partial charge is 0.408 e. The van der Waals surface area contributed by atoms with Gasteiger partial charge in [0.05, 0.1) is 12.6 Å². The first-order chi connectivity index (χ1) is 14.5. The average molecular weight is 438 g/mol. The highest BCUT2D eigenvalue weighted by molar-refractivity contribution is 5.77. The maximum absolute atomic E-state index is 12.8. The Morgan fingerprint density at radius 2 is 1.97 bits per heavy atom. The molecule has 1 N–H and O–H groups in total. The number of unbranched alkanes of at least 4 members (excludes halogenated alkanes) is 1. The predicted molar refractivity (Wildman–Crippen MR) is 112 cm³/mol. The molecule has 3 amide bonds. The molecule has 0 spiro atoms. The Hall–Kier alpha value is -2.36. The molecule has 10 heteroatoms. The molecule has 0 aliphatic carbocycles. The van der Waals surface area contributed by atoms with Gasteiger partial charge in [0.2, 0.25) is 11.8 Å². The number of rotatable bonds is 8. The largest absolute Gasteiger partial charge is 0.444 e. The van der Waals surface area contributed by atoms with Crippen molar-refractivity contribution in [2.45, 2.75) is 96.9 Å². The van der Waals surface area contributed by atoms with Crippen molar-refractivity contribution in [2.75, 3.05) is 13.2 Å². The lowest BCUT2D eigenvalue weighted by Crippen LogP contribution is -2.47. The lowest BCUT2D eigenvalue weighted by atomic mass is 10.0. The molecule has 2 aliphatic heterocycles. The summed E-state index contributed by atoms with van der Waals surface area (Å²) in [5.41, 5.74) is -1.22. The summed E-state index contributed by atoms with van der Waals surface area (Å²) in [6.45, 7) is 12.4. The maximum Gasteiger partial charge on any atom is 0.408 e. The van der Waals surface area contributed by atoms with Crippen LogP contribution in [0.15, 0.2) is 4.42 Å². The van der Waals surface area contributed by atoms with Crippen molar-refractivity contribution in [2.24, 2.45) is 0 Å². The van der Waals surface area contributed by atoms with Gasteiger partial charge in [-0.1, -0.05) is 13.3 Å². The molecule has 174 valence electrons. The minimum atomic E-state index is -0.642. The summed E-state index contributed by atoms with van der Waals surface area (Å²) >= 11 is 0. The number of hydroxylamine groups is 2. The standard InChI is InChI=1S/C21H35N5O5/c1-7-8-11-29-26-14-9-10-15(25(13-14)19(26)28)17-24-23-16(30-17)12-21(5,6)22-18(27)31-20(2,3)4/h14-15H,7-13H2,1-6H3,(H,22,27)/t14-,15-/m0/s1. The number of hydrogen-bond acceptors (Lipinski definition) is 7. The van der Waals surface area contributed by atoms with E-state index in [1.807, 2.05) is 34.6 Å². The van der Waals surface area contributed by atoms with Crippen molar-refractivity contribution in [3.05, 3.63) is 11.8 Å². The van der Waals surface area contributed by atoms with Crippen LogP contribution in [0.2, 0.25) is 0 Å². The normalized spacial score (nSPS) is 21.5. The molecule has 3 heterocycles. The van der Waals surface area contributed by atoms with Gasteiger partial charge >= 0.3 is 12.1 Å². The molecule has 2 saturated heterocycles. The quantitative estimate of drug-likeness (QED) is 0.619. The van der Waals surface area contributed by atoms with Crippen molar-refractivity contribution in [3.63, 3.8) is 0 Å². The number of aromatic nitrogens is 2. The Labute approximate surface area is 183 Å². The summed E-state index contributed by atoms with van der Waals surface area (Å²) in [5.74, 6) is 0.825. The van der Waals surface area contributed by atoms with Gasteiger partial charge in [-0.15, -0.1) is 10.2 Å². The van der Waals surface area contributed by atoms with Crippen LogP contribution >= 0.6 is 0 Å². The van der Waals surface area contributed by atoms with Crippen LogP contribution in [0.1, 0.15) is 85.0 Å². The fraction of sp³-hybridized carbons (Fsp3) is 0.810. The molecule has 2 atom stereocenters. The fourth-order valence-corrected chi connectivity index (χ4v) is 3.84. The Kier molecular flexibility index (Phi) is 6.78. The van der Waals surface area contributed by atoms with Gasteiger partial charge in [0, 0.05) is 18.5 Å². The molecule has 3 rings (SSSR count). The summed E-state index contributed by atoms with van der Waals surface area (Å²) < 4.78 is 11.2. The lowest BCUT2D eigenvalue weighted by Gasteiger charge is -2.28. The maximum atomic E-state index is 12.8. The third kappa shape index (κ3) is 5.87. The molecule has 2 aliphatic rings. The van der Waals surface area contributed by atoms with Gasteiger partial charge < -0.3 is 19.4 Å². The Morgan fingerprint density at radius 3 is 2.65 bits per heavy atom. The third-order valence-electron chi connectivity index (χ3n) is 5.25. The molecule has 0 radical (unpaired) electrons. The van der Waals surface area contributed by atoms with Crippen LogP contribution in [0, 0.1) is 0 Å². The number of amides is 3. The topological polar surface area (TPSA) is 110 Å². The summed E-state index contributed by atoms with van der Waals surface area (Å²) in [6, 6.07) is -0.332. The number of fused-ring (bicyclic) bond motifs is 2. The van der Waals surface area contributed by atoms with E-state index in [0.717, 1.165) is 25.7 Å². The van der Waals surface area contributed by atoms with E-state index in [4.69, 9.17) is 14.0 Å². The highest BCUT2D eigenvalue weighted by Gasteiger charge is 2.47. The molecule has 1 aromatic heterocycles. The minimum Gasteiger partial charge on any atom is -0.444 e. The van der Waals surface area contributed by atoms with Crippen molar-refractivity contribution in [1.29, 1.82) is 0 Å². The molecule has 0 saturated carbocycles. The summed E-state index contributed by atoms with van der Waals surface area (Å²) in [5, 5.41) is 12.7. The van der Waals surface area contributed by atoms with E-state index in [-0.39, 0.29) is 18.1 Å².